The van der Waals surface area contributed by atoms with E-state index in [1.54, 1.807) is 12.4 Å². The number of carbonyl (C=O) groups excluding carboxylic acids is 1. The van der Waals surface area contributed by atoms with Crippen LogP contribution in [0.5, 0.6) is 0 Å². The first-order valence-electron chi connectivity index (χ1n) is 6.60. The normalized spacial score (nSPS) is 10.2. The standard InChI is InChI=1S/C14H10N6O3S/c21-13(22)9-3-10(8-4-16-7-17-5-8)24-12(9)20-14(23)19-11-6-15-1-2-18-11/h1-7H,(H,21,22)(H2,18,19,20,23). The molecule has 0 spiro atoms. The van der Waals surface area contributed by atoms with E-state index in [9.17, 15) is 14.7 Å². The van der Waals surface area contributed by atoms with E-state index in [-0.39, 0.29) is 16.4 Å². The molecule has 120 valence electrons. The van der Waals surface area contributed by atoms with Crippen molar-refractivity contribution in [1.82, 2.24) is 19.9 Å². The molecule has 9 nitrogen and oxygen atoms in total. The number of hydrogen-bond donors (Lipinski definition) is 3. The molecule has 24 heavy (non-hydrogen) atoms. The van der Waals surface area contributed by atoms with Crippen molar-refractivity contribution in [1.29, 1.82) is 0 Å². The highest BCUT2D eigenvalue weighted by Crippen LogP contribution is 2.35. The van der Waals surface area contributed by atoms with Gasteiger partial charge in [-0.15, -0.1) is 11.3 Å². The van der Waals surface area contributed by atoms with Crippen molar-refractivity contribution in [3.63, 3.8) is 0 Å². The van der Waals surface area contributed by atoms with E-state index in [0.29, 0.717) is 10.4 Å². The summed E-state index contributed by atoms with van der Waals surface area (Å²) in [6, 6.07) is 0.847. The van der Waals surface area contributed by atoms with Gasteiger partial charge in [-0.05, 0) is 6.07 Å². The fourth-order valence-electron chi connectivity index (χ4n) is 1.83. The van der Waals surface area contributed by atoms with Crippen molar-refractivity contribution in [3.8, 4) is 10.4 Å². The zero-order chi connectivity index (χ0) is 16.9. The van der Waals surface area contributed by atoms with Gasteiger partial charge in [0.25, 0.3) is 0 Å². The molecule has 0 radical (unpaired) electrons. The van der Waals surface area contributed by atoms with Crippen LogP contribution in [0.15, 0.2) is 43.4 Å². The number of hydrogen-bond acceptors (Lipinski definition) is 7. The number of aromatic nitrogens is 4. The summed E-state index contributed by atoms with van der Waals surface area (Å²) in [5.74, 6) is -0.899. The van der Waals surface area contributed by atoms with Crippen molar-refractivity contribution < 1.29 is 14.7 Å². The van der Waals surface area contributed by atoms with Crippen molar-refractivity contribution in [2.24, 2.45) is 0 Å². The summed E-state index contributed by atoms with van der Waals surface area (Å²) in [5.41, 5.74) is 0.639. The fourth-order valence-corrected chi connectivity index (χ4v) is 2.85. The average Bonchev–Trinajstić information content (AvgIpc) is 3.00. The summed E-state index contributed by atoms with van der Waals surface area (Å²) >= 11 is 1.11. The van der Waals surface area contributed by atoms with Gasteiger partial charge in [-0.1, -0.05) is 0 Å². The number of amides is 2. The molecule has 3 rings (SSSR count). The Morgan fingerprint density at radius 3 is 2.50 bits per heavy atom. The Balaban J connectivity index is 1.83. The molecular weight excluding hydrogens is 332 g/mol. The Kier molecular flexibility index (Phi) is 4.38. The second-order valence-corrected chi connectivity index (χ2v) is 5.51. The van der Waals surface area contributed by atoms with Crippen LogP contribution in [0.25, 0.3) is 10.4 Å². The summed E-state index contributed by atoms with van der Waals surface area (Å²) in [7, 11) is 0. The number of carbonyl (C=O) groups is 2. The highest BCUT2D eigenvalue weighted by atomic mass is 32.1. The second-order valence-electron chi connectivity index (χ2n) is 4.46. The third-order valence-corrected chi connectivity index (χ3v) is 3.94. The average molecular weight is 342 g/mol. The molecule has 3 aromatic rings. The molecule has 0 unspecified atom stereocenters. The summed E-state index contributed by atoms with van der Waals surface area (Å²) in [6.07, 6.45) is 8.78. The highest BCUT2D eigenvalue weighted by Gasteiger charge is 2.18. The second kappa shape index (κ2) is 6.79. The minimum absolute atomic E-state index is 0.0202. The number of carboxylic acid groups (broad SMARTS) is 1. The van der Waals surface area contributed by atoms with E-state index >= 15 is 0 Å². The van der Waals surface area contributed by atoms with Crippen LogP contribution < -0.4 is 10.6 Å². The molecule has 0 saturated heterocycles. The zero-order valence-corrected chi connectivity index (χ0v) is 12.8. The molecule has 0 aliphatic rings. The lowest BCUT2D eigenvalue weighted by Gasteiger charge is -2.05. The van der Waals surface area contributed by atoms with Crippen molar-refractivity contribution in [3.05, 3.63) is 48.9 Å². The molecule has 0 aliphatic carbocycles. The van der Waals surface area contributed by atoms with Crippen LogP contribution in [-0.4, -0.2) is 37.0 Å². The number of rotatable bonds is 4. The van der Waals surface area contributed by atoms with Gasteiger partial charge in [-0.3, -0.25) is 15.6 Å². The first-order chi connectivity index (χ1) is 11.6. The van der Waals surface area contributed by atoms with E-state index < -0.39 is 12.0 Å². The largest absolute Gasteiger partial charge is 0.478 e. The van der Waals surface area contributed by atoms with Crippen LogP contribution in [0.1, 0.15) is 10.4 Å². The van der Waals surface area contributed by atoms with Gasteiger partial charge < -0.3 is 5.11 Å². The SMILES string of the molecule is O=C(Nc1cnccn1)Nc1sc(-c2cncnc2)cc1C(=O)O. The van der Waals surface area contributed by atoms with Crippen molar-refractivity contribution in [2.75, 3.05) is 10.6 Å². The van der Waals surface area contributed by atoms with Crippen molar-refractivity contribution in [2.45, 2.75) is 0 Å². The molecular formula is C14H10N6O3S. The van der Waals surface area contributed by atoms with E-state index in [1.807, 2.05) is 0 Å². The van der Waals surface area contributed by atoms with Gasteiger partial charge in [0.05, 0.1) is 11.8 Å². The monoisotopic (exact) mass is 342 g/mol. The molecule has 3 aromatic heterocycles. The van der Waals surface area contributed by atoms with Crippen LogP contribution in [0.3, 0.4) is 0 Å². The predicted molar refractivity (Wildman–Crippen MR) is 87.0 cm³/mol. The Bertz CT molecular complexity index is 869. The van der Waals surface area contributed by atoms with Gasteiger partial charge in [0.15, 0.2) is 5.82 Å². The molecule has 0 aliphatic heterocycles. The van der Waals surface area contributed by atoms with E-state index in [2.05, 4.69) is 30.6 Å². The lowest BCUT2D eigenvalue weighted by molar-refractivity contribution is 0.0698. The van der Waals surface area contributed by atoms with Crippen LogP contribution in [0.2, 0.25) is 0 Å². The van der Waals surface area contributed by atoms with Gasteiger partial charge in [0.2, 0.25) is 0 Å². The topological polar surface area (TPSA) is 130 Å². The van der Waals surface area contributed by atoms with Crippen LogP contribution in [0.4, 0.5) is 15.6 Å². The van der Waals surface area contributed by atoms with E-state index in [0.717, 1.165) is 11.3 Å². The Morgan fingerprint density at radius 1 is 1.04 bits per heavy atom. The van der Waals surface area contributed by atoms with Gasteiger partial charge >= 0.3 is 12.0 Å². The maximum Gasteiger partial charge on any atom is 0.338 e. The highest BCUT2D eigenvalue weighted by molar-refractivity contribution is 7.20. The smallest absolute Gasteiger partial charge is 0.338 e. The van der Waals surface area contributed by atoms with Gasteiger partial charge in [-0.25, -0.2) is 24.5 Å². The first kappa shape index (κ1) is 15.5. The number of nitrogens with one attached hydrogen (secondary N) is 2. The number of aromatic carboxylic acids is 1. The van der Waals surface area contributed by atoms with Crippen LogP contribution in [-0.2, 0) is 0 Å². The number of carboxylic acids is 1. The maximum absolute atomic E-state index is 12.0. The molecule has 10 heteroatoms. The third-order valence-electron chi connectivity index (χ3n) is 2.84. The number of urea groups is 1. The molecule has 2 amide bonds. The third kappa shape index (κ3) is 3.50. The van der Waals surface area contributed by atoms with Crippen LogP contribution >= 0.6 is 11.3 Å². The number of anilines is 2. The van der Waals surface area contributed by atoms with Crippen LogP contribution in [0, 0.1) is 0 Å². The molecule has 0 bridgehead atoms. The molecule has 0 saturated carbocycles. The molecule has 3 N–H and O–H groups in total. The van der Waals surface area contributed by atoms with E-state index in [1.165, 1.54) is 31.0 Å². The Labute approximate surface area is 139 Å². The molecule has 0 aromatic carbocycles. The Morgan fingerprint density at radius 2 is 1.83 bits per heavy atom. The minimum atomic E-state index is -1.15. The fraction of sp³-hybridized carbons (Fsp3) is 0. The molecule has 0 fully saturated rings. The number of thiophene rings is 1. The zero-order valence-electron chi connectivity index (χ0n) is 12.0. The van der Waals surface area contributed by atoms with Gasteiger partial charge in [0.1, 0.15) is 11.3 Å². The summed E-state index contributed by atoms with van der Waals surface area (Å²) < 4.78 is 0. The summed E-state index contributed by atoms with van der Waals surface area (Å²) in [6.45, 7) is 0. The van der Waals surface area contributed by atoms with Crippen molar-refractivity contribution >= 4 is 34.2 Å². The first-order valence-corrected chi connectivity index (χ1v) is 7.41. The number of nitrogens with zero attached hydrogens (tertiary/aromatic N) is 4. The lowest BCUT2D eigenvalue weighted by atomic mass is 10.2. The summed E-state index contributed by atoms with van der Waals surface area (Å²) in [4.78, 5) is 39.5. The Hall–Kier alpha value is -3.40. The van der Waals surface area contributed by atoms with E-state index in [4.69, 9.17) is 0 Å². The minimum Gasteiger partial charge on any atom is -0.478 e. The molecule has 0 atom stereocenters. The quantitative estimate of drug-likeness (QED) is 0.663. The van der Waals surface area contributed by atoms with Gasteiger partial charge in [0, 0.05) is 35.2 Å². The summed E-state index contributed by atoms with van der Waals surface area (Å²) in [5, 5.41) is 14.5. The lowest BCUT2D eigenvalue weighted by Crippen LogP contribution is -2.20. The molecule has 3 heterocycles. The maximum atomic E-state index is 12.0. The predicted octanol–water partition coefficient (Wildman–Crippen LogP) is 2.34. The van der Waals surface area contributed by atoms with Gasteiger partial charge in [-0.2, -0.15) is 0 Å².